The first-order chi connectivity index (χ1) is 7.88. The highest BCUT2D eigenvalue weighted by molar-refractivity contribution is 7.13. The average molecular weight is 257 g/mol. The van der Waals surface area contributed by atoms with Crippen molar-refractivity contribution in [1.29, 1.82) is 0 Å². The SMILES string of the molecule is ClCc1csc(N2CCC3CCCCC32)n1. The van der Waals surface area contributed by atoms with Crippen molar-refractivity contribution in [3.63, 3.8) is 0 Å². The van der Waals surface area contributed by atoms with Crippen LogP contribution in [0.15, 0.2) is 5.38 Å². The van der Waals surface area contributed by atoms with E-state index in [2.05, 4.69) is 15.3 Å². The van der Waals surface area contributed by atoms with Gasteiger partial charge in [-0.25, -0.2) is 4.98 Å². The summed E-state index contributed by atoms with van der Waals surface area (Å²) in [6.45, 7) is 1.20. The summed E-state index contributed by atoms with van der Waals surface area (Å²) in [5, 5.41) is 3.29. The molecule has 1 aromatic heterocycles. The van der Waals surface area contributed by atoms with Crippen LogP contribution in [0.5, 0.6) is 0 Å². The highest BCUT2D eigenvalue weighted by atomic mass is 35.5. The molecule has 2 nitrogen and oxygen atoms in total. The fourth-order valence-corrected chi connectivity index (χ4v) is 4.27. The smallest absolute Gasteiger partial charge is 0.185 e. The maximum absolute atomic E-state index is 5.81. The molecule has 0 amide bonds. The molecule has 0 radical (unpaired) electrons. The van der Waals surface area contributed by atoms with Crippen LogP contribution in [0, 0.1) is 5.92 Å². The van der Waals surface area contributed by atoms with E-state index in [1.807, 2.05) is 0 Å². The second-order valence-corrected chi connectivity index (χ2v) is 5.95. The van der Waals surface area contributed by atoms with Crippen LogP contribution < -0.4 is 4.90 Å². The standard InChI is InChI=1S/C12H17ClN2S/c13-7-10-8-16-12(14-10)15-6-5-9-3-1-2-4-11(9)15/h8-9,11H,1-7H2. The molecule has 1 aliphatic carbocycles. The van der Waals surface area contributed by atoms with Gasteiger partial charge in [0.2, 0.25) is 0 Å². The lowest BCUT2D eigenvalue weighted by molar-refractivity contribution is 0.342. The molecule has 1 aromatic rings. The van der Waals surface area contributed by atoms with Crippen molar-refractivity contribution in [1.82, 2.24) is 4.98 Å². The van der Waals surface area contributed by atoms with Crippen molar-refractivity contribution in [2.24, 2.45) is 5.92 Å². The second-order valence-electron chi connectivity index (χ2n) is 4.85. The number of hydrogen-bond donors (Lipinski definition) is 0. The third-order valence-corrected chi connectivity index (χ3v) is 5.13. The van der Waals surface area contributed by atoms with Gasteiger partial charge in [0.25, 0.3) is 0 Å². The first-order valence-corrected chi connectivity index (χ1v) is 7.57. The van der Waals surface area contributed by atoms with Crippen molar-refractivity contribution in [2.45, 2.75) is 44.0 Å². The summed E-state index contributed by atoms with van der Waals surface area (Å²) in [4.78, 5) is 7.15. The van der Waals surface area contributed by atoms with Crippen LogP contribution in [-0.2, 0) is 5.88 Å². The maximum atomic E-state index is 5.81. The molecule has 0 spiro atoms. The summed E-state index contributed by atoms with van der Waals surface area (Å²) in [6.07, 6.45) is 6.97. The lowest BCUT2D eigenvalue weighted by Crippen LogP contribution is -2.34. The number of rotatable bonds is 2. The lowest BCUT2D eigenvalue weighted by Gasteiger charge is -2.31. The molecule has 2 unspecified atom stereocenters. The van der Waals surface area contributed by atoms with Crippen molar-refractivity contribution in [3.05, 3.63) is 11.1 Å². The van der Waals surface area contributed by atoms with Gasteiger partial charge in [-0.2, -0.15) is 0 Å². The number of alkyl halides is 1. The Morgan fingerprint density at radius 2 is 2.25 bits per heavy atom. The summed E-state index contributed by atoms with van der Waals surface area (Å²) in [6, 6.07) is 0.767. The van der Waals surface area contributed by atoms with E-state index in [4.69, 9.17) is 11.6 Å². The van der Waals surface area contributed by atoms with E-state index in [-0.39, 0.29) is 0 Å². The lowest BCUT2D eigenvalue weighted by atomic mass is 9.85. The Bertz CT molecular complexity index is 366. The van der Waals surface area contributed by atoms with Gasteiger partial charge in [-0.1, -0.05) is 12.8 Å². The zero-order chi connectivity index (χ0) is 11.0. The number of hydrogen-bond acceptors (Lipinski definition) is 3. The number of halogens is 1. The third-order valence-electron chi connectivity index (χ3n) is 3.93. The molecule has 1 saturated heterocycles. The van der Waals surface area contributed by atoms with Crippen LogP contribution in [0.25, 0.3) is 0 Å². The predicted molar refractivity (Wildman–Crippen MR) is 69.4 cm³/mol. The van der Waals surface area contributed by atoms with Gasteiger partial charge in [-0.3, -0.25) is 0 Å². The van der Waals surface area contributed by atoms with E-state index in [0.717, 1.165) is 17.7 Å². The predicted octanol–water partition coefficient (Wildman–Crippen LogP) is 3.65. The molecule has 2 aliphatic rings. The molecular formula is C12H17ClN2S. The Morgan fingerprint density at radius 3 is 3.06 bits per heavy atom. The minimum Gasteiger partial charge on any atom is -0.345 e. The van der Waals surface area contributed by atoms with E-state index in [1.54, 1.807) is 11.3 Å². The van der Waals surface area contributed by atoms with Gasteiger partial charge < -0.3 is 4.90 Å². The first-order valence-electron chi connectivity index (χ1n) is 6.15. The highest BCUT2D eigenvalue weighted by Crippen LogP contribution is 2.39. The second kappa shape index (κ2) is 4.53. The molecule has 88 valence electrons. The van der Waals surface area contributed by atoms with Crippen LogP contribution in [0.1, 0.15) is 37.8 Å². The van der Waals surface area contributed by atoms with Crippen LogP contribution in [0.2, 0.25) is 0 Å². The van der Waals surface area contributed by atoms with Crippen LogP contribution in [0.4, 0.5) is 5.13 Å². The van der Waals surface area contributed by atoms with Crippen molar-refractivity contribution in [3.8, 4) is 0 Å². The van der Waals surface area contributed by atoms with Crippen molar-refractivity contribution < 1.29 is 0 Å². The summed E-state index contributed by atoms with van der Waals surface area (Å²) in [7, 11) is 0. The zero-order valence-electron chi connectivity index (χ0n) is 9.36. The molecule has 1 saturated carbocycles. The Morgan fingerprint density at radius 1 is 1.38 bits per heavy atom. The van der Waals surface area contributed by atoms with Gasteiger partial charge in [0.1, 0.15) is 0 Å². The summed E-state index contributed by atoms with van der Waals surface area (Å²) < 4.78 is 0. The van der Waals surface area contributed by atoms with Crippen LogP contribution in [0.3, 0.4) is 0 Å². The molecule has 2 fully saturated rings. The number of fused-ring (bicyclic) bond motifs is 1. The normalized spacial score (nSPS) is 29.4. The minimum atomic E-state index is 0.540. The fourth-order valence-electron chi connectivity index (χ4n) is 3.13. The third kappa shape index (κ3) is 1.84. The molecule has 0 bridgehead atoms. The van der Waals surface area contributed by atoms with Gasteiger partial charge in [0.15, 0.2) is 5.13 Å². The molecule has 0 aromatic carbocycles. The van der Waals surface area contributed by atoms with E-state index in [1.165, 1.54) is 43.8 Å². The zero-order valence-corrected chi connectivity index (χ0v) is 10.9. The Balaban J connectivity index is 1.79. The molecule has 2 atom stereocenters. The van der Waals surface area contributed by atoms with Crippen LogP contribution >= 0.6 is 22.9 Å². The van der Waals surface area contributed by atoms with Gasteiger partial charge in [0.05, 0.1) is 11.6 Å². The summed E-state index contributed by atoms with van der Waals surface area (Å²) in [5.74, 6) is 1.47. The molecular weight excluding hydrogens is 240 g/mol. The Kier molecular flexibility index (Phi) is 3.07. The van der Waals surface area contributed by atoms with Gasteiger partial charge in [-0.05, 0) is 25.2 Å². The Hall–Kier alpha value is -0.280. The van der Waals surface area contributed by atoms with Gasteiger partial charge >= 0.3 is 0 Å². The monoisotopic (exact) mass is 256 g/mol. The first kappa shape index (κ1) is 10.8. The average Bonchev–Trinajstić information content (AvgIpc) is 2.94. The molecule has 1 aliphatic heterocycles. The van der Waals surface area contributed by atoms with E-state index in [0.29, 0.717) is 5.88 Å². The molecule has 16 heavy (non-hydrogen) atoms. The van der Waals surface area contributed by atoms with Gasteiger partial charge in [-0.15, -0.1) is 22.9 Å². The highest BCUT2D eigenvalue weighted by Gasteiger charge is 2.36. The maximum Gasteiger partial charge on any atom is 0.185 e. The quantitative estimate of drug-likeness (QED) is 0.751. The number of anilines is 1. The van der Waals surface area contributed by atoms with Crippen molar-refractivity contribution >= 4 is 28.1 Å². The van der Waals surface area contributed by atoms with Crippen LogP contribution in [-0.4, -0.2) is 17.6 Å². The Labute approximate surface area is 106 Å². The molecule has 2 heterocycles. The molecule has 3 rings (SSSR count). The molecule has 4 heteroatoms. The van der Waals surface area contributed by atoms with E-state index >= 15 is 0 Å². The van der Waals surface area contributed by atoms with Crippen molar-refractivity contribution in [2.75, 3.05) is 11.4 Å². The number of aromatic nitrogens is 1. The van der Waals surface area contributed by atoms with E-state index < -0.39 is 0 Å². The van der Waals surface area contributed by atoms with Gasteiger partial charge in [0, 0.05) is 18.0 Å². The van der Waals surface area contributed by atoms with E-state index in [9.17, 15) is 0 Å². The molecule has 0 N–H and O–H groups in total. The topological polar surface area (TPSA) is 16.1 Å². The largest absolute Gasteiger partial charge is 0.345 e. The fraction of sp³-hybridized carbons (Fsp3) is 0.750. The number of thiazole rings is 1. The minimum absolute atomic E-state index is 0.540. The summed E-state index contributed by atoms with van der Waals surface area (Å²) >= 11 is 7.57. The summed E-state index contributed by atoms with van der Waals surface area (Å²) in [5.41, 5.74) is 1.03. The number of nitrogens with zero attached hydrogens (tertiary/aromatic N) is 2.